The van der Waals surface area contributed by atoms with Crippen LogP contribution in [0.2, 0.25) is 0 Å². The number of halogens is 3. The zero-order valence-corrected chi connectivity index (χ0v) is 10.6. The number of carbonyl (C=O) groups excluding carboxylic acids is 1. The summed E-state index contributed by atoms with van der Waals surface area (Å²) in [5, 5.41) is 5.98. The molecule has 1 amide bonds. The molecule has 0 atom stereocenters. The maximum Gasteiger partial charge on any atom is 0.435 e. The summed E-state index contributed by atoms with van der Waals surface area (Å²) in [7, 11) is 0. The van der Waals surface area contributed by atoms with Gasteiger partial charge < -0.3 is 5.32 Å². The molecule has 0 aliphatic rings. The molecule has 0 aliphatic carbocycles. The Morgan fingerprint density at radius 1 is 1.30 bits per heavy atom. The van der Waals surface area contributed by atoms with Gasteiger partial charge in [-0.25, -0.2) is 0 Å². The van der Waals surface area contributed by atoms with Gasteiger partial charge in [0.05, 0.1) is 0 Å². The minimum atomic E-state index is -4.51. The van der Waals surface area contributed by atoms with Gasteiger partial charge in [-0.05, 0) is 25.1 Å². The lowest BCUT2D eigenvalue weighted by Crippen LogP contribution is -2.20. The van der Waals surface area contributed by atoms with Crippen molar-refractivity contribution >= 4 is 11.6 Å². The molecule has 0 fully saturated rings. The smallest absolute Gasteiger partial charge is 0.324 e. The highest BCUT2D eigenvalue weighted by molar-refractivity contribution is 5.90. The summed E-state index contributed by atoms with van der Waals surface area (Å²) in [6.07, 6.45) is -4.51. The maximum atomic E-state index is 12.5. The summed E-state index contributed by atoms with van der Waals surface area (Å²) < 4.78 is 38.5. The average molecular weight is 283 g/mol. The van der Waals surface area contributed by atoms with Gasteiger partial charge in [0.1, 0.15) is 6.54 Å². The molecule has 0 saturated heterocycles. The standard InChI is InChI=1S/C13H12F3N3O/c1-9-7-11(13(14,15)16)18-19(9)8-12(20)17-10-5-3-2-4-6-10/h2-7H,8H2,1H3,(H,17,20). The van der Waals surface area contributed by atoms with Gasteiger partial charge in [0.15, 0.2) is 5.69 Å². The highest BCUT2D eigenvalue weighted by atomic mass is 19.4. The van der Waals surface area contributed by atoms with Crippen LogP contribution < -0.4 is 5.32 Å². The van der Waals surface area contributed by atoms with Crippen molar-refractivity contribution in [1.82, 2.24) is 9.78 Å². The fourth-order valence-electron chi connectivity index (χ4n) is 1.67. The average Bonchev–Trinajstić information content (AvgIpc) is 2.72. The number of aryl methyl sites for hydroxylation is 1. The number of alkyl halides is 3. The first kappa shape index (κ1) is 14.1. The largest absolute Gasteiger partial charge is 0.435 e. The van der Waals surface area contributed by atoms with Crippen molar-refractivity contribution < 1.29 is 18.0 Å². The second kappa shape index (κ2) is 5.36. The number of rotatable bonds is 3. The number of para-hydroxylation sites is 1. The quantitative estimate of drug-likeness (QED) is 0.941. The van der Waals surface area contributed by atoms with Gasteiger partial charge in [0, 0.05) is 11.4 Å². The molecule has 1 aromatic carbocycles. The van der Waals surface area contributed by atoms with Crippen molar-refractivity contribution in [1.29, 1.82) is 0 Å². The molecule has 0 aliphatic heterocycles. The van der Waals surface area contributed by atoms with E-state index in [0.717, 1.165) is 10.7 Å². The Morgan fingerprint density at radius 3 is 2.50 bits per heavy atom. The van der Waals surface area contributed by atoms with E-state index in [-0.39, 0.29) is 12.2 Å². The molecule has 2 rings (SSSR count). The molecular weight excluding hydrogens is 271 g/mol. The third-order valence-corrected chi connectivity index (χ3v) is 2.62. The topological polar surface area (TPSA) is 46.9 Å². The van der Waals surface area contributed by atoms with E-state index in [1.807, 2.05) is 0 Å². The lowest BCUT2D eigenvalue weighted by atomic mass is 10.3. The lowest BCUT2D eigenvalue weighted by Gasteiger charge is -2.06. The molecule has 0 spiro atoms. The van der Waals surface area contributed by atoms with Gasteiger partial charge in [-0.1, -0.05) is 18.2 Å². The number of hydrogen-bond acceptors (Lipinski definition) is 2. The molecule has 2 aromatic rings. The van der Waals surface area contributed by atoms with Crippen LogP contribution in [0.4, 0.5) is 18.9 Å². The summed E-state index contributed by atoms with van der Waals surface area (Å²) in [5.74, 6) is -0.434. The zero-order valence-electron chi connectivity index (χ0n) is 10.6. The first-order valence-electron chi connectivity index (χ1n) is 5.83. The van der Waals surface area contributed by atoms with Gasteiger partial charge in [-0.2, -0.15) is 18.3 Å². The molecule has 0 radical (unpaired) electrons. The highest BCUT2D eigenvalue weighted by Crippen LogP contribution is 2.28. The molecule has 0 bridgehead atoms. The fourth-order valence-corrected chi connectivity index (χ4v) is 1.67. The van der Waals surface area contributed by atoms with E-state index < -0.39 is 17.8 Å². The molecule has 1 aromatic heterocycles. The van der Waals surface area contributed by atoms with Crippen LogP contribution >= 0.6 is 0 Å². The van der Waals surface area contributed by atoms with Crippen molar-refractivity contribution in [2.75, 3.05) is 5.32 Å². The maximum absolute atomic E-state index is 12.5. The Hall–Kier alpha value is -2.31. The fraction of sp³-hybridized carbons (Fsp3) is 0.231. The molecule has 4 nitrogen and oxygen atoms in total. The lowest BCUT2D eigenvalue weighted by molar-refractivity contribution is -0.141. The summed E-state index contributed by atoms with van der Waals surface area (Å²) in [6, 6.07) is 9.58. The Kier molecular flexibility index (Phi) is 3.78. The van der Waals surface area contributed by atoms with Crippen molar-refractivity contribution in [2.45, 2.75) is 19.6 Å². The first-order chi connectivity index (χ1) is 9.36. The van der Waals surface area contributed by atoms with Gasteiger partial charge >= 0.3 is 6.18 Å². The van der Waals surface area contributed by atoms with Crippen LogP contribution in [0.5, 0.6) is 0 Å². The van der Waals surface area contributed by atoms with E-state index in [0.29, 0.717) is 5.69 Å². The van der Waals surface area contributed by atoms with E-state index in [9.17, 15) is 18.0 Å². The minimum absolute atomic E-state index is 0.267. The Bertz CT molecular complexity index is 605. The highest BCUT2D eigenvalue weighted by Gasteiger charge is 2.34. The number of anilines is 1. The van der Waals surface area contributed by atoms with Crippen LogP contribution in [-0.4, -0.2) is 15.7 Å². The summed E-state index contributed by atoms with van der Waals surface area (Å²) in [6.45, 7) is 1.20. The number of aromatic nitrogens is 2. The SMILES string of the molecule is Cc1cc(C(F)(F)F)nn1CC(=O)Nc1ccccc1. The van der Waals surface area contributed by atoms with E-state index in [1.165, 1.54) is 6.92 Å². The first-order valence-corrected chi connectivity index (χ1v) is 5.83. The molecule has 0 saturated carbocycles. The molecule has 7 heteroatoms. The van der Waals surface area contributed by atoms with Crippen LogP contribution in [0.15, 0.2) is 36.4 Å². The van der Waals surface area contributed by atoms with Crippen molar-refractivity contribution in [3.63, 3.8) is 0 Å². The van der Waals surface area contributed by atoms with Crippen molar-refractivity contribution in [3.8, 4) is 0 Å². The summed E-state index contributed by atoms with van der Waals surface area (Å²) in [5.41, 5.74) is -0.138. The second-order valence-electron chi connectivity index (χ2n) is 4.24. The van der Waals surface area contributed by atoms with Crippen LogP contribution in [-0.2, 0) is 17.5 Å². The molecular formula is C13H12F3N3O. The number of hydrogen-bond donors (Lipinski definition) is 1. The van der Waals surface area contributed by atoms with Crippen molar-refractivity contribution in [3.05, 3.63) is 47.8 Å². The van der Waals surface area contributed by atoms with Gasteiger partial charge in [0.25, 0.3) is 0 Å². The van der Waals surface area contributed by atoms with Crippen LogP contribution in [0.3, 0.4) is 0 Å². The van der Waals surface area contributed by atoms with Crippen LogP contribution in [0.1, 0.15) is 11.4 Å². The molecule has 0 unspecified atom stereocenters. The predicted octanol–water partition coefficient (Wildman–Crippen LogP) is 2.85. The second-order valence-corrected chi connectivity index (χ2v) is 4.24. The van der Waals surface area contributed by atoms with E-state index in [2.05, 4.69) is 10.4 Å². The third-order valence-electron chi connectivity index (χ3n) is 2.62. The van der Waals surface area contributed by atoms with Gasteiger partial charge in [0.2, 0.25) is 5.91 Å². The van der Waals surface area contributed by atoms with Crippen LogP contribution in [0, 0.1) is 6.92 Å². The van der Waals surface area contributed by atoms with E-state index in [4.69, 9.17) is 0 Å². The van der Waals surface area contributed by atoms with Gasteiger partial charge in [-0.15, -0.1) is 0 Å². The van der Waals surface area contributed by atoms with E-state index in [1.54, 1.807) is 30.3 Å². The Labute approximate surface area is 113 Å². The van der Waals surface area contributed by atoms with Crippen LogP contribution in [0.25, 0.3) is 0 Å². The van der Waals surface area contributed by atoms with Crippen molar-refractivity contribution in [2.24, 2.45) is 0 Å². The summed E-state index contributed by atoms with van der Waals surface area (Å²) in [4.78, 5) is 11.7. The normalized spacial score (nSPS) is 11.4. The summed E-state index contributed by atoms with van der Waals surface area (Å²) >= 11 is 0. The monoisotopic (exact) mass is 283 g/mol. The van der Waals surface area contributed by atoms with Gasteiger partial charge in [-0.3, -0.25) is 9.48 Å². The number of nitrogens with zero attached hydrogens (tertiary/aromatic N) is 2. The molecule has 1 heterocycles. The molecule has 1 N–H and O–H groups in total. The Balaban J connectivity index is 2.07. The van der Waals surface area contributed by atoms with E-state index >= 15 is 0 Å². The third kappa shape index (κ3) is 3.37. The molecule has 106 valence electrons. The Morgan fingerprint density at radius 2 is 1.95 bits per heavy atom. The number of nitrogens with one attached hydrogen (secondary N) is 1. The number of benzene rings is 1. The minimum Gasteiger partial charge on any atom is -0.324 e. The molecule has 20 heavy (non-hydrogen) atoms. The predicted molar refractivity (Wildman–Crippen MR) is 67.0 cm³/mol. The number of amides is 1. The zero-order chi connectivity index (χ0) is 14.8. The number of carbonyl (C=O) groups is 1.